The first-order chi connectivity index (χ1) is 7.01. The highest BCUT2D eigenvalue weighted by atomic mass is 15.2. The summed E-state index contributed by atoms with van der Waals surface area (Å²) in [6.45, 7) is 9.28. The molecule has 1 aliphatic carbocycles. The van der Waals surface area contributed by atoms with Gasteiger partial charge in [0.1, 0.15) is 0 Å². The van der Waals surface area contributed by atoms with Gasteiger partial charge in [0, 0.05) is 6.04 Å². The third-order valence-corrected chi connectivity index (χ3v) is 4.46. The second-order valence-electron chi connectivity index (χ2n) is 6.01. The Morgan fingerprint density at radius 3 is 2.20 bits per heavy atom. The molecular formula is C13H28N2. The summed E-state index contributed by atoms with van der Waals surface area (Å²) in [7, 11) is 0. The molecule has 0 radical (unpaired) electrons. The summed E-state index contributed by atoms with van der Waals surface area (Å²) >= 11 is 0. The fourth-order valence-electron chi connectivity index (χ4n) is 2.84. The normalized spacial score (nSPS) is 30.2. The lowest BCUT2D eigenvalue weighted by molar-refractivity contribution is 0.126. The Balaban J connectivity index is 2.59. The number of nitrogens with two attached hydrogens (primary N) is 1. The van der Waals surface area contributed by atoms with Crippen molar-refractivity contribution in [1.82, 2.24) is 5.43 Å². The smallest absolute Gasteiger partial charge is 0.0289 e. The summed E-state index contributed by atoms with van der Waals surface area (Å²) < 4.78 is 0. The molecule has 3 N–H and O–H groups in total. The van der Waals surface area contributed by atoms with Gasteiger partial charge in [-0.3, -0.25) is 11.3 Å². The second kappa shape index (κ2) is 5.31. The van der Waals surface area contributed by atoms with Gasteiger partial charge >= 0.3 is 0 Å². The number of hydrogen-bond acceptors (Lipinski definition) is 2. The molecule has 1 atom stereocenters. The lowest BCUT2D eigenvalue weighted by Crippen LogP contribution is -2.51. The average Bonchev–Trinajstić information content (AvgIpc) is 2.22. The molecule has 0 heterocycles. The molecule has 1 saturated carbocycles. The van der Waals surface area contributed by atoms with Crippen LogP contribution < -0.4 is 11.3 Å². The summed E-state index contributed by atoms with van der Waals surface area (Å²) in [5.41, 5.74) is 3.40. The molecule has 1 aliphatic rings. The van der Waals surface area contributed by atoms with Crippen molar-refractivity contribution < 1.29 is 0 Å². The van der Waals surface area contributed by atoms with Crippen molar-refractivity contribution in [1.29, 1.82) is 0 Å². The van der Waals surface area contributed by atoms with E-state index in [1.165, 1.54) is 32.1 Å². The van der Waals surface area contributed by atoms with Gasteiger partial charge in [-0.15, -0.1) is 0 Å². The molecule has 0 amide bonds. The van der Waals surface area contributed by atoms with Crippen molar-refractivity contribution in [2.45, 2.75) is 65.8 Å². The van der Waals surface area contributed by atoms with Gasteiger partial charge in [-0.2, -0.15) is 0 Å². The molecule has 1 rings (SSSR count). The monoisotopic (exact) mass is 212 g/mol. The number of hydrazine groups is 1. The molecule has 0 aromatic carbocycles. The molecule has 0 bridgehead atoms. The van der Waals surface area contributed by atoms with Gasteiger partial charge in [-0.25, -0.2) is 0 Å². The summed E-state index contributed by atoms with van der Waals surface area (Å²) in [6, 6.07) is 0.481. The molecule has 1 fully saturated rings. The van der Waals surface area contributed by atoms with Crippen LogP contribution in [0.1, 0.15) is 59.8 Å². The summed E-state index contributed by atoms with van der Waals surface area (Å²) in [6.07, 6.45) is 6.64. The van der Waals surface area contributed by atoms with E-state index in [-0.39, 0.29) is 0 Å². The SMILES string of the molecule is CCC(C)(C)C(NN)C1CCC(C)CC1. The van der Waals surface area contributed by atoms with E-state index in [2.05, 4.69) is 33.1 Å². The molecule has 0 aliphatic heterocycles. The standard InChI is InChI=1S/C13H28N2/c1-5-13(3,4)12(15-14)11-8-6-10(2)7-9-11/h10-12,15H,5-9,14H2,1-4H3. The maximum Gasteiger partial charge on any atom is 0.0289 e. The number of rotatable bonds is 4. The molecular weight excluding hydrogens is 184 g/mol. The van der Waals surface area contributed by atoms with Crippen LogP contribution in [0, 0.1) is 17.3 Å². The molecule has 2 nitrogen and oxygen atoms in total. The zero-order chi connectivity index (χ0) is 11.5. The fraction of sp³-hybridized carbons (Fsp3) is 1.00. The molecule has 1 unspecified atom stereocenters. The topological polar surface area (TPSA) is 38.0 Å². The van der Waals surface area contributed by atoms with Gasteiger partial charge in [-0.1, -0.05) is 40.5 Å². The van der Waals surface area contributed by atoms with Crippen LogP contribution >= 0.6 is 0 Å². The van der Waals surface area contributed by atoms with Crippen LogP contribution in [0.5, 0.6) is 0 Å². The first-order valence-corrected chi connectivity index (χ1v) is 6.47. The predicted octanol–water partition coefficient (Wildman–Crippen LogP) is 3.08. The van der Waals surface area contributed by atoms with Gasteiger partial charge in [0.25, 0.3) is 0 Å². The lowest BCUT2D eigenvalue weighted by atomic mass is 9.69. The van der Waals surface area contributed by atoms with Crippen LogP contribution in [-0.4, -0.2) is 6.04 Å². The van der Waals surface area contributed by atoms with Crippen LogP contribution in [0.2, 0.25) is 0 Å². The minimum absolute atomic E-state index is 0.319. The summed E-state index contributed by atoms with van der Waals surface area (Å²) in [5, 5.41) is 0. The number of hydrogen-bond donors (Lipinski definition) is 2. The van der Waals surface area contributed by atoms with Gasteiger partial charge in [-0.05, 0) is 36.5 Å². The molecule has 0 spiro atoms. The van der Waals surface area contributed by atoms with Gasteiger partial charge in [0.05, 0.1) is 0 Å². The summed E-state index contributed by atoms with van der Waals surface area (Å²) in [4.78, 5) is 0. The van der Waals surface area contributed by atoms with Crippen LogP contribution in [0.4, 0.5) is 0 Å². The average molecular weight is 212 g/mol. The first-order valence-electron chi connectivity index (χ1n) is 6.47. The zero-order valence-corrected chi connectivity index (χ0v) is 10.8. The Labute approximate surface area is 95.0 Å². The van der Waals surface area contributed by atoms with Crippen LogP contribution in [0.25, 0.3) is 0 Å². The summed E-state index contributed by atoms with van der Waals surface area (Å²) in [5.74, 6) is 7.45. The van der Waals surface area contributed by atoms with Crippen molar-refractivity contribution in [3.05, 3.63) is 0 Å². The predicted molar refractivity (Wildman–Crippen MR) is 66.3 cm³/mol. The minimum Gasteiger partial charge on any atom is -0.271 e. The van der Waals surface area contributed by atoms with E-state index in [0.29, 0.717) is 11.5 Å². The van der Waals surface area contributed by atoms with Crippen molar-refractivity contribution in [2.24, 2.45) is 23.1 Å². The largest absolute Gasteiger partial charge is 0.271 e. The highest BCUT2D eigenvalue weighted by Gasteiger charge is 2.35. The third-order valence-electron chi connectivity index (χ3n) is 4.46. The van der Waals surface area contributed by atoms with E-state index >= 15 is 0 Å². The van der Waals surface area contributed by atoms with Crippen LogP contribution in [0.15, 0.2) is 0 Å². The Bertz CT molecular complexity index is 181. The Morgan fingerprint density at radius 2 is 1.80 bits per heavy atom. The fourth-order valence-corrected chi connectivity index (χ4v) is 2.84. The quantitative estimate of drug-likeness (QED) is 0.555. The van der Waals surface area contributed by atoms with Crippen molar-refractivity contribution >= 4 is 0 Å². The Hall–Kier alpha value is -0.0800. The van der Waals surface area contributed by atoms with E-state index in [9.17, 15) is 0 Å². The van der Waals surface area contributed by atoms with Crippen LogP contribution in [0.3, 0.4) is 0 Å². The second-order valence-corrected chi connectivity index (χ2v) is 6.01. The van der Waals surface area contributed by atoms with E-state index < -0.39 is 0 Å². The molecule has 15 heavy (non-hydrogen) atoms. The van der Waals surface area contributed by atoms with E-state index in [1.54, 1.807) is 0 Å². The van der Waals surface area contributed by atoms with Crippen molar-refractivity contribution in [3.63, 3.8) is 0 Å². The maximum atomic E-state index is 5.75. The molecule has 90 valence electrons. The van der Waals surface area contributed by atoms with E-state index in [4.69, 9.17) is 5.84 Å². The van der Waals surface area contributed by atoms with Crippen LogP contribution in [-0.2, 0) is 0 Å². The first kappa shape index (κ1) is 13.0. The Kier molecular flexibility index (Phi) is 4.60. The van der Waals surface area contributed by atoms with Gasteiger partial charge < -0.3 is 0 Å². The van der Waals surface area contributed by atoms with Crippen molar-refractivity contribution in [3.8, 4) is 0 Å². The van der Waals surface area contributed by atoms with Gasteiger partial charge in [0.2, 0.25) is 0 Å². The number of nitrogens with one attached hydrogen (secondary N) is 1. The van der Waals surface area contributed by atoms with Gasteiger partial charge in [0.15, 0.2) is 0 Å². The Morgan fingerprint density at radius 1 is 1.27 bits per heavy atom. The highest BCUT2D eigenvalue weighted by molar-refractivity contribution is 4.89. The van der Waals surface area contributed by atoms with E-state index in [1.807, 2.05) is 0 Å². The molecule has 0 aromatic heterocycles. The minimum atomic E-state index is 0.319. The third kappa shape index (κ3) is 3.18. The molecule has 0 aromatic rings. The lowest BCUT2D eigenvalue weighted by Gasteiger charge is -2.41. The molecule has 2 heteroatoms. The highest BCUT2D eigenvalue weighted by Crippen LogP contribution is 2.37. The van der Waals surface area contributed by atoms with Crippen molar-refractivity contribution in [2.75, 3.05) is 0 Å². The maximum absolute atomic E-state index is 5.75. The molecule has 0 saturated heterocycles. The zero-order valence-electron chi connectivity index (χ0n) is 10.8. The van der Waals surface area contributed by atoms with E-state index in [0.717, 1.165) is 11.8 Å².